The molecule has 6 heteroatoms. The van der Waals surface area contributed by atoms with Gasteiger partial charge in [-0.05, 0) is 25.6 Å². The average Bonchev–Trinajstić information content (AvgIpc) is 2.46. The number of nitrogens with two attached hydrogens (primary N) is 1. The molecule has 1 atom stereocenters. The molecule has 0 radical (unpaired) electrons. The van der Waals surface area contributed by atoms with E-state index in [1.807, 2.05) is 4.90 Å². The zero-order valence-corrected chi connectivity index (χ0v) is 11.5. The lowest BCUT2D eigenvalue weighted by molar-refractivity contribution is 0.0523. The lowest BCUT2D eigenvalue weighted by Crippen LogP contribution is -2.53. The highest BCUT2D eigenvalue weighted by molar-refractivity contribution is 5.92. The Morgan fingerprint density at radius 1 is 1.53 bits per heavy atom. The molecule has 1 saturated heterocycles. The fourth-order valence-electron chi connectivity index (χ4n) is 2.42. The number of anilines is 1. The Morgan fingerprint density at radius 2 is 2.32 bits per heavy atom. The van der Waals surface area contributed by atoms with Gasteiger partial charge in [-0.3, -0.25) is 15.5 Å². The molecule has 1 amide bonds. The van der Waals surface area contributed by atoms with E-state index in [1.165, 1.54) is 0 Å². The molecule has 0 saturated carbocycles. The number of nitrogens with zero attached hydrogens (tertiary/aromatic N) is 3. The van der Waals surface area contributed by atoms with Gasteiger partial charge in [-0.25, -0.2) is 4.98 Å². The van der Waals surface area contributed by atoms with Gasteiger partial charge in [-0.15, -0.1) is 0 Å². The van der Waals surface area contributed by atoms with Gasteiger partial charge in [0.15, 0.2) is 0 Å². The van der Waals surface area contributed by atoms with Gasteiger partial charge < -0.3 is 10.3 Å². The van der Waals surface area contributed by atoms with Gasteiger partial charge in [0, 0.05) is 25.7 Å². The van der Waals surface area contributed by atoms with E-state index in [9.17, 15) is 4.79 Å². The van der Waals surface area contributed by atoms with E-state index < -0.39 is 0 Å². The smallest absolute Gasteiger partial charge is 0.272 e. The summed E-state index contributed by atoms with van der Waals surface area (Å²) in [4.78, 5) is 20.7. The van der Waals surface area contributed by atoms with Gasteiger partial charge in [-0.1, -0.05) is 6.92 Å². The van der Waals surface area contributed by atoms with Gasteiger partial charge in [-0.2, -0.15) is 0 Å². The van der Waals surface area contributed by atoms with Crippen LogP contribution in [0.1, 0.15) is 24.3 Å². The molecule has 0 aliphatic carbocycles. The van der Waals surface area contributed by atoms with Crippen LogP contribution in [-0.4, -0.2) is 52.9 Å². The third kappa shape index (κ3) is 3.02. The van der Waals surface area contributed by atoms with Crippen molar-refractivity contribution in [3.63, 3.8) is 0 Å². The lowest BCUT2D eigenvalue weighted by atomic mass is 10.1. The number of hydrazine groups is 1. The molecule has 1 aliphatic rings. The van der Waals surface area contributed by atoms with Gasteiger partial charge in [0.1, 0.15) is 5.69 Å². The molecule has 1 aromatic rings. The Bertz CT molecular complexity index is 433. The standard InChI is InChI=1S/C13H21N5O/c1-3-17-6-7-18(9-10(17)2)13(19)12-5-4-11(16-14)8-15-12/h4-5,8,10,16H,3,6-7,9,14H2,1-2H3. The normalized spacial score (nSPS) is 20.4. The number of likely N-dealkylation sites (N-methyl/N-ethyl adjacent to an activating group) is 1. The SMILES string of the molecule is CCN1CCN(C(=O)c2ccc(NN)cn2)CC1C. The Balaban J connectivity index is 2.03. The first-order chi connectivity index (χ1) is 9.15. The van der Waals surface area contributed by atoms with Crippen molar-refractivity contribution in [2.24, 2.45) is 5.84 Å². The van der Waals surface area contributed by atoms with E-state index in [4.69, 9.17) is 5.84 Å². The molecule has 1 fully saturated rings. The molecular formula is C13H21N5O. The Kier molecular flexibility index (Phi) is 4.34. The highest BCUT2D eigenvalue weighted by Gasteiger charge is 2.26. The number of rotatable bonds is 3. The number of pyridine rings is 1. The van der Waals surface area contributed by atoms with Crippen molar-refractivity contribution in [3.05, 3.63) is 24.0 Å². The number of piperazine rings is 1. The van der Waals surface area contributed by atoms with Crippen LogP contribution < -0.4 is 11.3 Å². The first-order valence-corrected chi connectivity index (χ1v) is 6.61. The topological polar surface area (TPSA) is 74.5 Å². The second kappa shape index (κ2) is 5.99. The van der Waals surface area contributed by atoms with E-state index in [2.05, 4.69) is 29.2 Å². The van der Waals surface area contributed by atoms with Crippen molar-refractivity contribution < 1.29 is 4.79 Å². The summed E-state index contributed by atoms with van der Waals surface area (Å²) in [5.74, 6) is 5.27. The summed E-state index contributed by atoms with van der Waals surface area (Å²) in [7, 11) is 0. The van der Waals surface area contributed by atoms with Crippen LogP contribution in [0, 0.1) is 0 Å². The maximum atomic E-state index is 12.3. The molecule has 0 bridgehead atoms. The van der Waals surface area contributed by atoms with Crippen molar-refractivity contribution in [1.29, 1.82) is 0 Å². The first-order valence-electron chi connectivity index (χ1n) is 6.61. The summed E-state index contributed by atoms with van der Waals surface area (Å²) in [6.07, 6.45) is 1.57. The molecule has 104 valence electrons. The predicted molar refractivity (Wildman–Crippen MR) is 74.7 cm³/mol. The van der Waals surface area contributed by atoms with Crippen LogP contribution in [0.25, 0.3) is 0 Å². The summed E-state index contributed by atoms with van der Waals surface area (Å²) >= 11 is 0. The van der Waals surface area contributed by atoms with Crippen LogP contribution in [0.15, 0.2) is 18.3 Å². The molecule has 2 heterocycles. The third-order valence-electron chi connectivity index (χ3n) is 3.61. The molecule has 1 aromatic heterocycles. The summed E-state index contributed by atoms with van der Waals surface area (Å²) in [6, 6.07) is 3.85. The Morgan fingerprint density at radius 3 is 2.84 bits per heavy atom. The number of amides is 1. The van der Waals surface area contributed by atoms with Crippen LogP contribution in [0.3, 0.4) is 0 Å². The van der Waals surface area contributed by atoms with Gasteiger partial charge >= 0.3 is 0 Å². The maximum absolute atomic E-state index is 12.3. The fraction of sp³-hybridized carbons (Fsp3) is 0.538. The van der Waals surface area contributed by atoms with E-state index >= 15 is 0 Å². The summed E-state index contributed by atoms with van der Waals surface area (Å²) in [6.45, 7) is 7.76. The highest BCUT2D eigenvalue weighted by Crippen LogP contribution is 2.13. The van der Waals surface area contributed by atoms with Crippen LogP contribution in [0.5, 0.6) is 0 Å². The minimum absolute atomic E-state index is 0.00817. The first kappa shape index (κ1) is 13.8. The minimum Gasteiger partial charge on any atom is -0.334 e. The lowest BCUT2D eigenvalue weighted by Gasteiger charge is -2.39. The van der Waals surface area contributed by atoms with E-state index in [-0.39, 0.29) is 5.91 Å². The number of hydrogen-bond acceptors (Lipinski definition) is 5. The van der Waals surface area contributed by atoms with Crippen molar-refractivity contribution in [2.45, 2.75) is 19.9 Å². The largest absolute Gasteiger partial charge is 0.334 e. The summed E-state index contributed by atoms with van der Waals surface area (Å²) < 4.78 is 0. The number of aromatic nitrogens is 1. The van der Waals surface area contributed by atoms with E-state index in [1.54, 1.807) is 18.3 Å². The van der Waals surface area contributed by atoms with Gasteiger partial charge in [0.25, 0.3) is 5.91 Å². The Hall–Kier alpha value is -1.66. The molecule has 0 spiro atoms. The van der Waals surface area contributed by atoms with Crippen molar-refractivity contribution >= 4 is 11.6 Å². The summed E-state index contributed by atoms with van der Waals surface area (Å²) in [5.41, 5.74) is 3.66. The van der Waals surface area contributed by atoms with Crippen molar-refractivity contribution in [1.82, 2.24) is 14.8 Å². The molecule has 3 N–H and O–H groups in total. The van der Waals surface area contributed by atoms with Crippen LogP contribution in [-0.2, 0) is 0 Å². The summed E-state index contributed by atoms with van der Waals surface area (Å²) in [5, 5.41) is 0. The molecule has 0 aromatic carbocycles. The quantitative estimate of drug-likeness (QED) is 0.615. The number of nitrogens with one attached hydrogen (secondary N) is 1. The number of carbonyl (C=O) groups is 1. The number of nitrogen functional groups attached to an aromatic ring is 1. The molecular weight excluding hydrogens is 242 g/mol. The molecule has 2 rings (SSSR count). The monoisotopic (exact) mass is 263 g/mol. The van der Waals surface area contributed by atoms with Crippen LogP contribution in [0.4, 0.5) is 5.69 Å². The van der Waals surface area contributed by atoms with Crippen molar-refractivity contribution in [2.75, 3.05) is 31.6 Å². The zero-order chi connectivity index (χ0) is 13.8. The second-order valence-corrected chi connectivity index (χ2v) is 4.81. The predicted octanol–water partition coefficient (Wildman–Crippen LogP) is 0.533. The van der Waals surface area contributed by atoms with Crippen LogP contribution >= 0.6 is 0 Å². The maximum Gasteiger partial charge on any atom is 0.272 e. The average molecular weight is 263 g/mol. The number of carbonyl (C=O) groups excluding carboxylic acids is 1. The zero-order valence-electron chi connectivity index (χ0n) is 11.5. The van der Waals surface area contributed by atoms with E-state index in [0.717, 1.165) is 26.2 Å². The second-order valence-electron chi connectivity index (χ2n) is 4.81. The number of hydrogen-bond donors (Lipinski definition) is 2. The third-order valence-corrected chi connectivity index (χ3v) is 3.61. The van der Waals surface area contributed by atoms with Gasteiger partial charge in [0.05, 0.1) is 11.9 Å². The molecule has 1 unspecified atom stereocenters. The van der Waals surface area contributed by atoms with Crippen LogP contribution in [0.2, 0.25) is 0 Å². The van der Waals surface area contributed by atoms with Gasteiger partial charge in [0.2, 0.25) is 0 Å². The molecule has 1 aliphatic heterocycles. The van der Waals surface area contributed by atoms with E-state index in [0.29, 0.717) is 17.4 Å². The molecule has 19 heavy (non-hydrogen) atoms. The highest BCUT2D eigenvalue weighted by atomic mass is 16.2. The fourth-order valence-corrected chi connectivity index (χ4v) is 2.42. The Labute approximate surface area is 113 Å². The molecule has 6 nitrogen and oxygen atoms in total. The van der Waals surface area contributed by atoms with Crippen molar-refractivity contribution in [3.8, 4) is 0 Å². The minimum atomic E-state index is -0.00817.